The maximum absolute atomic E-state index is 13.2. The Kier molecular flexibility index (Phi) is 5.17. The van der Waals surface area contributed by atoms with Crippen LogP contribution in [0.3, 0.4) is 0 Å². The highest BCUT2D eigenvalue weighted by Gasteiger charge is 2.37. The maximum atomic E-state index is 13.2. The molecular formula is C17H27FN2. The van der Waals surface area contributed by atoms with Crippen molar-refractivity contribution in [1.29, 1.82) is 0 Å². The third-order valence-electron chi connectivity index (χ3n) is 4.73. The molecule has 1 fully saturated rings. The fourth-order valence-corrected chi connectivity index (χ4v) is 3.53. The lowest BCUT2D eigenvalue weighted by molar-refractivity contribution is 0.111. The van der Waals surface area contributed by atoms with Gasteiger partial charge in [0.2, 0.25) is 0 Å². The van der Waals surface area contributed by atoms with Gasteiger partial charge in [-0.2, -0.15) is 0 Å². The van der Waals surface area contributed by atoms with Crippen LogP contribution in [0.25, 0.3) is 0 Å². The lowest BCUT2D eigenvalue weighted by Gasteiger charge is -2.39. The van der Waals surface area contributed by atoms with Crippen molar-refractivity contribution in [3.63, 3.8) is 0 Å². The molecule has 1 aromatic carbocycles. The van der Waals surface area contributed by atoms with E-state index in [0.29, 0.717) is 12.1 Å². The molecule has 0 aliphatic carbocycles. The topological polar surface area (TPSA) is 29.3 Å². The van der Waals surface area contributed by atoms with Gasteiger partial charge >= 0.3 is 0 Å². The zero-order valence-electron chi connectivity index (χ0n) is 12.8. The van der Waals surface area contributed by atoms with Gasteiger partial charge in [-0.25, -0.2) is 4.39 Å². The van der Waals surface area contributed by atoms with Crippen molar-refractivity contribution in [3.05, 3.63) is 35.6 Å². The van der Waals surface area contributed by atoms with Crippen LogP contribution in [0.5, 0.6) is 0 Å². The lowest BCUT2D eigenvalue weighted by atomic mass is 9.94. The summed E-state index contributed by atoms with van der Waals surface area (Å²) in [5, 5.41) is 0. The minimum atomic E-state index is -0.181. The third-order valence-corrected chi connectivity index (χ3v) is 4.73. The van der Waals surface area contributed by atoms with Crippen molar-refractivity contribution in [2.75, 3.05) is 0 Å². The Bertz CT molecular complexity index is 418. The Hall–Kier alpha value is -0.930. The first-order valence-electron chi connectivity index (χ1n) is 7.86. The molecule has 2 N–H and O–H groups in total. The number of benzene rings is 1. The fraction of sp³-hybridized carbons (Fsp3) is 0.647. The first-order chi connectivity index (χ1) is 9.58. The molecule has 1 heterocycles. The van der Waals surface area contributed by atoms with Gasteiger partial charge in [-0.15, -0.1) is 0 Å². The van der Waals surface area contributed by atoms with E-state index in [1.54, 1.807) is 12.1 Å². The summed E-state index contributed by atoms with van der Waals surface area (Å²) in [7, 11) is 0. The number of hydrogen-bond donors (Lipinski definition) is 1. The van der Waals surface area contributed by atoms with Crippen molar-refractivity contribution < 1.29 is 4.39 Å². The van der Waals surface area contributed by atoms with Crippen molar-refractivity contribution >= 4 is 0 Å². The summed E-state index contributed by atoms with van der Waals surface area (Å²) in [5.74, 6) is -0.181. The van der Waals surface area contributed by atoms with Gasteiger partial charge in [0.25, 0.3) is 0 Å². The summed E-state index contributed by atoms with van der Waals surface area (Å²) in [6.07, 6.45) is 4.55. The molecule has 1 aliphatic heterocycles. The summed E-state index contributed by atoms with van der Waals surface area (Å²) in [6, 6.07) is 8.32. The van der Waals surface area contributed by atoms with Crippen LogP contribution in [0.2, 0.25) is 0 Å². The number of rotatable bonds is 5. The highest BCUT2D eigenvalue weighted by molar-refractivity contribution is 5.22. The standard InChI is InChI=1S/C17H27FN2/c1-4-15-11-6-12(3)20(15)17(16(19)5-2)13-7-9-14(18)10-8-13/h7-10,12,15-17H,4-6,11,19H2,1-3H3. The quantitative estimate of drug-likeness (QED) is 0.886. The predicted molar refractivity (Wildman–Crippen MR) is 82.0 cm³/mol. The molecule has 1 aliphatic rings. The summed E-state index contributed by atoms with van der Waals surface area (Å²) in [5.41, 5.74) is 7.56. The predicted octanol–water partition coefficient (Wildman–Crippen LogP) is 3.87. The van der Waals surface area contributed by atoms with E-state index < -0.39 is 0 Å². The molecule has 4 unspecified atom stereocenters. The molecule has 2 rings (SSSR count). The van der Waals surface area contributed by atoms with Crippen LogP contribution in [0.15, 0.2) is 24.3 Å². The minimum absolute atomic E-state index is 0.0926. The van der Waals surface area contributed by atoms with E-state index in [2.05, 4.69) is 25.7 Å². The zero-order chi connectivity index (χ0) is 14.7. The van der Waals surface area contributed by atoms with E-state index in [-0.39, 0.29) is 17.9 Å². The van der Waals surface area contributed by atoms with E-state index in [1.165, 1.54) is 12.8 Å². The highest BCUT2D eigenvalue weighted by Crippen LogP contribution is 2.37. The second-order valence-electron chi connectivity index (χ2n) is 6.00. The van der Waals surface area contributed by atoms with Gasteiger partial charge in [0.1, 0.15) is 5.82 Å². The highest BCUT2D eigenvalue weighted by atomic mass is 19.1. The van der Waals surface area contributed by atoms with Crippen LogP contribution in [0.4, 0.5) is 4.39 Å². The Labute approximate surface area is 122 Å². The van der Waals surface area contributed by atoms with Gasteiger partial charge in [-0.05, 0) is 50.3 Å². The SMILES string of the molecule is CCC(N)C(c1ccc(F)cc1)N1C(C)CCC1CC. The molecule has 4 atom stereocenters. The smallest absolute Gasteiger partial charge is 0.123 e. The second kappa shape index (κ2) is 6.68. The largest absolute Gasteiger partial charge is 0.326 e. The van der Waals surface area contributed by atoms with Crippen LogP contribution in [-0.2, 0) is 0 Å². The van der Waals surface area contributed by atoms with E-state index in [9.17, 15) is 4.39 Å². The molecule has 0 bridgehead atoms. The molecule has 0 amide bonds. The first-order valence-corrected chi connectivity index (χ1v) is 7.86. The third kappa shape index (κ3) is 3.04. The van der Waals surface area contributed by atoms with E-state index in [0.717, 1.165) is 18.4 Å². The van der Waals surface area contributed by atoms with Gasteiger partial charge in [0, 0.05) is 18.1 Å². The van der Waals surface area contributed by atoms with Gasteiger partial charge in [0.15, 0.2) is 0 Å². The zero-order valence-corrected chi connectivity index (χ0v) is 12.8. The van der Waals surface area contributed by atoms with Gasteiger partial charge in [-0.1, -0.05) is 26.0 Å². The summed E-state index contributed by atoms with van der Waals surface area (Å²) in [6.45, 7) is 6.66. The average molecular weight is 278 g/mol. The molecular weight excluding hydrogens is 251 g/mol. The summed E-state index contributed by atoms with van der Waals surface area (Å²) >= 11 is 0. The molecule has 20 heavy (non-hydrogen) atoms. The van der Waals surface area contributed by atoms with Crippen molar-refractivity contribution in [1.82, 2.24) is 4.90 Å². The first kappa shape index (κ1) is 15.5. The summed E-state index contributed by atoms with van der Waals surface area (Å²) in [4.78, 5) is 2.57. The molecule has 2 nitrogen and oxygen atoms in total. The van der Waals surface area contributed by atoms with Crippen molar-refractivity contribution in [2.24, 2.45) is 5.73 Å². The summed E-state index contributed by atoms with van der Waals surface area (Å²) < 4.78 is 13.2. The number of hydrogen-bond acceptors (Lipinski definition) is 2. The monoisotopic (exact) mass is 278 g/mol. The van der Waals surface area contributed by atoms with Crippen molar-refractivity contribution in [2.45, 2.75) is 70.6 Å². The Morgan fingerprint density at radius 1 is 1.25 bits per heavy atom. The van der Waals surface area contributed by atoms with Crippen LogP contribution in [-0.4, -0.2) is 23.0 Å². The molecule has 3 heteroatoms. The van der Waals surface area contributed by atoms with Crippen LogP contribution in [0, 0.1) is 5.82 Å². The fourth-order valence-electron chi connectivity index (χ4n) is 3.53. The van der Waals surface area contributed by atoms with Crippen molar-refractivity contribution in [3.8, 4) is 0 Å². The second-order valence-corrected chi connectivity index (χ2v) is 6.00. The molecule has 0 saturated carbocycles. The van der Waals surface area contributed by atoms with Crippen LogP contribution >= 0.6 is 0 Å². The molecule has 1 saturated heterocycles. The molecule has 1 aromatic rings. The number of halogens is 1. The Morgan fingerprint density at radius 3 is 2.45 bits per heavy atom. The Balaban J connectivity index is 2.34. The molecule has 0 radical (unpaired) electrons. The van der Waals surface area contributed by atoms with Gasteiger partial charge < -0.3 is 5.73 Å². The molecule has 112 valence electrons. The van der Waals surface area contributed by atoms with Crippen LogP contribution < -0.4 is 5.73 Å². The van der Waals surface area contributed by atoms with E-state index in [4.69, 9.17) is 5.73 Å². The number of nitrogens with two attached hydrogens (primary N) is 1. The molecule has 0 aromatic heterocycles. The Morgan fingerprint density at radius 2 is 1.90 bits per heavy atom. The average Bonchev–Trinajstić information content (AvgIpc) is 2.82. The van der Waals surface area contributed by atoms with E-state index in [1.807, 2.05) is 12.1 Å². The van der Waals surface area contributed by atoms with Gasteiger partial charge in [-0.3, -0.25) is 4.90 Å². The maximum Gasteiger partial charge on any atom is 0.123 e. The lowest BCUT2D eigenvalue weighted by Crippen LogP contribution is -2.46. The number of likely N-dealkylation sites (tertiary alicyclic amines) is 1. The number of nitrogens with zero attached hydrogens (tertiary/aromatic N) is 1. The van der Waals surface area contributed by atoms with Gasteiger partial charge in [0.05, 0.1) is 6.04 Å². The molecule has 0 spiro atoms. The normalized spacial score (nSPS) is 26.6. The van der Waals surface area contributed by atoms with E-state index >= 15 is 0 Å². The van der Waals surface area contributed by atoms with Crippen LogP contribution in [0.1, 0.15) is 58.1 Å². The minimum Gasteiger partial charge on any atom is -0.326 e.